The van der Waals surface area contributed by atoms with Crippen LogP contribution < -0.4 is 16.0 Å². The van der Waals surface area contributed by atoms with Crippen molar-refractivity contribution in [2.45, 2.75) is 17.1 Å². The number of carbonyl (C=O) groups excluding carboxylic acids is 3. The van der Waals surface area contributed by atoms with Crippen molar-refractivity contribution in [2.24, 2.45) is 0 Å². The summed E-state index contributed by atoms with van der Waals surface area (Å²) in [5, 5.41) is 19.8. The summed E-state index contributed by atoms with van der Waals surface area (Å²) < 4.78 is 0. The summed E-state index contributed by atoms with van der Waals surface area (Å²) in [4.78, 5) is 50.7. The fraction of sp³-hybridized carbons (Fsp3) is 0.0645. The van der Waals surface area contributed by atoms with E-state index in [0.29, 0.717) is 31.9 Å². The number of hydrogen-bond acceptors (Lipinski definition) is 6. The molecule has 0 bridgehead atoms. The maximum atomic E-state index is 13.4. The van der Waals surface area contributed by atoms with Gasteiger partial charge in [0.25, 0.3) is 17.5 Å². The first-order valence-corrected chi connectivity index (χ1v) is 14.4. The minimum atomic E-state index is -0.699. The molecule has 1 atom stereocenters. The average Bonchev–Trinajstić information content (AvgIpc) is 2.99. The molecule has 4 aromatic rings. The van der Waals surface area contributed by atoms with E-state index in [0.717, 1.165) is 0 Å². The summed E-state index contributed by atoms with van der Waals surface area (Å²) in [6.45, 7) is 1.73. The van der Waals surface area contributed by atoms with Crippen LogP contribution in [0.2, 0.25) is 10.0 Å². The van der Waals surface area contributed by atoms with Crippen molar-refractivity contribution in [1.82, 2.24) is 5.32 Å². The lowest BCUT2D eigenvalue weighted by atomic mass is 10.1. The first-order chi connectivity index (χ1) is 20.6. The van der Waals surface area contributed by atoms with E-state index in [-0.39, 0.29) is 22.9 Å². The van der Waals surface area contributed by atoms with Gasteiger partial charge in [-0.05, 0) is 67.6 Å². The lowest BCUT2D eigenvalue weighted by Crippen LogP contribution is -2.30. The maximum Gasteiger partial charge on any atom is 0.276 e. The predicted molar refractivity (Wildman–Crippen MR) is 170 cm³/mol. The number of hydrogen-bond donors (Lipinski definition) is 3. The molecule has 0 aromatic heterocycles. The Kier molecular flexibility index (Phi) is 10.6. The number of nitrogens with zero attached hydrogens (tertiary/aromatic N) is 1. The topological polar surface area (TPSA) is 130 Å². The molecule has 0 aliphatic rings. The number of thioether (sulfide) groups is 1. The van der Waals surface area contributed by atoms with Crippen LogP contribution in [-0.2, 0) is 9.59 Å². The molecule has 4 aromatic carbocycles. The summed E-state index contributed by atoms with van der Waals surface area (Å²) in [5.74, 6) is -1.53. The van der Waals surface area contributed by atoms with Crippen molar-refractivity contribution in [1.29, 1.82) is 0 Å². The number of benzene rings is 4. The van der Waals surface area contributed by atoms with Crippen LogP contribution in [0, 0.1) is 10.1 Å². The molecular weight excluding hydrogens is 611 g/mol. The Balaban J connectivity index is 1.52. The molecule has 0 spiro atoms. The molecule has 12 heteroatoms. The van der Waals surface area contributed by atoms with Gasteiger partial charge in [0.2, 0.25) is 5.91 Å². The van der Waals surface area contributed by atoms with Gasteiger partial charge in [0, 0.05) is 27.9 Å². The molecule has 0 radical (unpaired) electrons. The summed E-state index contributed by atoms with van der Waals surface area (Å²) in [5.41, 5.74) is 0.897. The number of carbonyl (C=O) groups is 3. The van der Waals surface area contributed by atoms with Gasteiger partial charge in [0.1, 0.15) is 5.70 Å². The minimum absolute atomic E-state index is 0.136. The average molecular weight is 636 g/mol. The Hall–Kier alpha value is -4.64. The molecule has 0 aliphatic heterocycles. The zero-order chi connectivity index (χ0) is 30.9. The second kappa shape index (κ2) is 14.5. The van der Waals surface area contributed by atoms with Crippen molar-refractivity contribution < 1.29 is 19.3 Å². The van der Waals surface area contributed by atoms with Gasteiger partial charge in [-0.2, -0.15) is 0 Å². The number of amides is 3. The zero-order valence-corrected chi connectivity index (χ0v) is 24.9. The normalized spacial score (nSPS) is 11.7. The molecular formula is C31H24Cl2N4O5S. The quantitative estimate of drug-likeness (QED) is 0.0719. The highest BCUT2D eigenvalue weighted by atomic mass is 35.5. The van der Waals surface area contributed by atoms with E-state index < -0.39 is 22.0 Å². The monoisotopic (exact) mass is 634 g/mol. The van der Waals surface area contributed by atoms with E-state index in [9.17, 15) is 24.5 Å². The number of rotatable bonds is 10. The van der Waals surface area contributed by atoms with Crippen molar-refractivity contribution in [3.63, 3.8) is 0 Å². The number of nitro groups is 1. The van der Waals surface area contributed by atoms with Crippen molar-refractivity contribution in [3.05, 3.63) is 134 Å². The molecule has 0 heterocycles. The first-order valence-electron chi connectivity index (χ1n) is 12.8. The van der Waals surface area contributed by atoms with E-state index >= 15 is 0 Å². The highest BCUT2D eigenvalue weighted by Crippen LogP contribution is 2.29. The molecule has 0 saturated carbocycles. The van der Waals surface area contributed by atoms with Crippen molar-refractivity contribution in [3.8, 4) is 0 Å². The molecule has 1 unspecified atom stereocenters. The molecule has 43 heavy (non-hydrogen) atoms. The van der Waals surface area contributed by atoms with Crippen LogP contribution in [0.4, 0.5) is 17.1 Å². The van der Waals surface area contributed by atoms with Crippen LogP contribution in [0.3, 0.4) is 0 Å². The van der Waals surface area contributed by atoms with Gasteiger partial charge in [-0.25, -0.2) is 0 Å². The summed E-state index contributed by atoms with van der Waals surface area (Å²) in [6.07, 6.45) is 1.25. The third-order valence-corrected chi connectivity index (χ3v) is 7.76. The van der Waals surface area contributed by atoms with Gasteiger partial charge in [-0.1, -0.05) is 59.6 Å². The van der Waals surface area contributed by atoms with E-state index in [1.54, 1.807) is 85.8 Å². The Morgan fingerprint density at radius 1 is 0.837 bits per heavy atom. The highest BCUT2D eigenvalue weighted by molar-refractivity contribution is 8.00. The van der Waals surface area contributed by atoms with E-state index in [4.69, 9.17) is 23.2 Å². The van der Waals surface area contributed by atoms with Crippen LogP contribution >= 0.6 is 35.0 Å². The van der Waals surface area contributed by atoms with Gasteiger partial charge >= 0.3 is 0 Å². The molecule has 0 aliphatic carbocycles. The second-order valence-electron chi connectivity index (χ2n) is 9.05. The van der Waals surface area contributed by atoms with Gasteiger partial charge in [0.15, 0.2) is 0 Å². The van der Waals surface area contributed by atoms with E-state index in [2.05, 4.69) is 16.0 Å². The Morgan fingerprint density at radius 3 is 2.26 bits per heavy atom. The van der Waals surface area contributed by atoms with Crippen LogP contribution in [0.1, 0.15) is 22.8 Å². The van der Waals surface area contributed by atoms with Gasteiger partial charge < -0.3 is 16.0 Å². The lowest BCUT2D eigenvalue weighted by Gasteiger charge is -2.14. The van der Waals surface area contributed by atoms with Gasteiger partial charge in [0.05, 0.1) is 25.8 Å². The largest absolute Gasteiger partial charge is 0.325 e. The molecule has 218 valence electrons. The SMILES string of the molecule is CC(Sc1cccc(NC(=O)/C(=C\c2ccccc2[N+](=O)[O-])NC(=O)c2ccccc2)c1)C(=O)Nc1ccc(Cl)c(Cl)c1. The molecule has 0 fully saturated rings. The standard InChI is InChI=1S/C31H24Cl2N4O5S/c1-19(29(38)34-23-14-15-25(32)26(33)18-23)43-24-12-7-11-22(17-24)35-31(40)27(36-30(39)20-8-3-2-4-9-20)16-21-10-5-6-13-28(21)37(41)42/h2-19H,1H3,(H,34,38)(H,35,40)(H,36,39)/b27-16+. The smallest absolute Gasteiger partial charge is 0.276 e. The Morgan fingerprint density at radius 2 is 1.53 bits per heavy atom. The maximum absolute atomic E-state index is 13.4. The van der Waals surface area contributed by atoms with Crippen LogP contribution in [0.15, 0.2) is 108 Å². The number of nitro benzene ring substituents is 1. The Bertz CT molecular complexity index is 1720. The van der Waals surface area contributed by atoms with E-state index in [1.165, 1.54) is 36.0 Å². The van der Waals surface area contributed by atoms with E-state index in [1.807, 2.05) is 0 Å². The van der Waals surface area contributed by atoms with Crippen LogP contribution in [0.5, 0.6) is 0 Å². The summed E-state index contributed by atoms with van der Waals surface area (Å²) in [6, 6.07) is 25.7. The van der Waals surface area contributed by atoms with Crippen LogP contribution in [-0.4, -0.2) is 27.9 Å². The van der Waals surface area contributed by atoms with Gasteiger partial charge in [-0.15, -0.1) is 11.8 Å². The fourth-order valence-electron chi connectivity index (χ4n) is 3.79. The fourth-order valence-corrected chi connectivity index (χ4v) is 5.02. The predicted octanol–water partition coefficient (Wildman–Crippen LogP) is 7.43. The number of halogens is 2. The number of anilines is 2. The molecule has 4 rings (SSSR count). The molecule has 9 nitrogen and oxygen atoms in total. The third kappa shape index (κ3) is 8.68. The van der Waals surface area contributed by atoms with Gasteiger partial charge in [-0.3, -0.25) is 24.5 Å². The van der Waals surface area contributed by atoms with Crippen molar-refractivity contribution >= 4 is 75.8 Å². The number of nitrogens with one attached hydrogen (secondary N) is 3. The third-order valence-electron chi connectivity index (χ3n) is 5.92. The molecule has 0 saturated heterocycles. The molecule has 3 N–H and O–H groups in total. The minimum Gasteiger partial charge on any atom is -0.325 e. The Labute approximate surface area is 261 Å². The number of para-hydroxylation sites is 1. The highest BCUT2D eigenvalue weighted by Gasteiger charge is 2.19. The van der Waals surface area contributed by atoms with Crippen molar-refractivity contribution in [2.75, 3.05) is 10.6 Å². The molecule has 3 amide bonds. The zero-order valence-electron chi connectivity index (χ0n) is 22.5. The summed E-state index contributed by atoms with van der Waals surface area (Å²) in [7, 11) is 0. The van der Waals surface area contributed by atoms with Crippen LogP contribution in [0.25, 0.3) is 6.08 Å². The second-order valence-corrected chi connectivity index (χ2v) is 11.3. The first kappa shape index (κ1) is 31.3. The summed E-state index contributed by atoms with van der Waals surface area (Å²) >= 11 is 13.2. The lowest BCUT2D eigenvalue weighted by molar-refractivity contribution is -0.385.